The third-order valence-corrected chi connectivity index (χ3v) is 2.56. The Bertz CT molecular complexity index is 335. The van der Waals surface area contributed by atoms with Gasteiger partial charge in [-0.2, -0.15) is 5.10 Å². The lowest BCUT2D eigenvalue weighted by Gasteiger charge is -2.11. The molecule has 0 saturated carbocycles. The van der Waals surface area contributed by atoms with Crippen molar-refractivity contribution >= 4 is 29.9 Å². The van der Waals surface area contributed by atoms with E-state index in [4.69, 9.17) is 0 Å². The highest BCUT2D eigenvalue weighted by Gasteiger charge is 1.98. The van der Waals surface area contributed by atoms with E-state index >= 15 is 0 Å². The summed E-state index contributed by atoms with van der Waals surface area (Å²) in [4.78, 5) is 4.50. The summed E-state index contributed by atoms with van der Waals surface area (Å²) in [6.45, 7) is 9.03. The summed E-state index contributed by atoms with van der Waals surface area (Å²) >= 11 is 0. The number of hydrogen-bond donors (Lipinski definition) is 3. The highest BCUT2D eigenvalue weighted by molar-refractivity contribution is 14.0. The molecule has 0 amide bonds. The third-order valence-electron chi connectivity index (χ3n) is 2.56. The van der Waals surface area contributed by atoms with Crippen LogP contribution >= 0.6 is 24.0 Å². The molecule has 0 aliphatic rings. The molecule has 1 aromatic rings. The summed E-state index contributed by atoms with van der Waals surface area (Å²) in [6, 6.07) is 1.94. The number of rotatable bonds is 7. The van der Waals surface area contributed by atoms with Crippen molar-refractivity contribution in [2.24, 2.45) is 10.9 Å². The lowest BCUT2D eigenvalue weighted by atomic mass is 10.1. The predicted octanol–water partition coefficient (Wildman–Crippen LogP) is 2.52. The minimum absolute atomic E-state index is 0. The zero-order valence-corrected chi connectivity index (χ0v) is 14.4. The first-order valence-corrected chi connectivity index (χ1v) is 6.72. The van der Waals surface area contributed by atoms with Gasteiger partial charge in [0.1, 0.15) is 0 Å². The molecule has 5 nitrogen and oxygen atoms in total. The molecule has 1 aromatic heterocycles. The molecule has 0 saturated heterocycles. The van der Waals surface area contributed by atoms with E-state index in [2.05, 4.69) is 46.6 Å². The van der Waals surface area contributed by atoms with Crippen LogP contribution in [-0.2, 0) is 6.54 Å². The van der Waals surface area contributed by atoms with E-state index in [0.29, 0.717) is 6.54 Å². The van der Waals surface area contributed by atoms with Crippen LogP contribution in [0.5, 0.6) is 0 Å². The van der Waals surface area contributed by atoms with Gasteiger partial charge in [0.15, 0.2) is 5.96 Å². The molecule has 0 unspecified atom stereocenters. The Morgan fingerprint density at radius 2 is 2.21 bits per heavy atom. The quantitative estimate of drug-likeness (QED) is 0.295. The van der Waals surface area contributed by atoms with Gasteiger partial charge in [0.25, 0.3) is 0 Å². The van der Waals surface area contributed by atoms with Gasteiger partial charge < -0.3 is 10.6 Å². The highest BCUT2D eigenvalue weighted by Crippen LogP contribution is 2.01. The van der Waals surface area contributed by atoms with Gasteiger partial charge in [0.2, 0.25) is 0 Å². The largest absolute Gasteiger partial charge is 0.357 e. The summed E-state index contributed by atoms with van der Waals surface area (Å²) in [5.41, 5.74) is 1.02. The Balaban J connectivity index is 0.00000324. The van der Waals surface area contributed by atoms with E-state index in [9.17, 15) is 0 Å². The van der Waals surface area contributed by atoms with Crippen LogP contribution in [0, 0.1) is 5.92 Å². The molecule has 3 N–H and O–H groups in total. The minimum atomic E-state index is 0. The van der Waals surface area contributed by atoms with Gasteiger partial charge in [-0.15, -0.1) is 24.0 Å². The van der Waals surface area contributed by atoms with Crippen LogP contribution < -0.4 is 10.6 Å². The van der Waals surface area contributed by atoms with Gasteiger partial charge in [0, 0.05) is 19.3 Å². The third kappa shape index (κ3) is 8.85. The van der Waals surface area contributed by atoms with Crippen LogP contribution in [0.1, 0.15) is 39.3 Å². The van der Waals surface area contributed by atoms with Crippen molar-refractivity contribution in [3.8, 4) is 0 Å². The van der Waals surface area contributed by atoms with Crippen molar-refractivity contribution in [2.45, 2.75) is 40.2 Å². The van der Waals surface area contributed by atoms with Crippen molar-refractivity contribution in [1.29, 1.82) is 0 Å². The zero-order chi connectivity index (χ0) is 13.2. The summed E-state index contributed by atoms with van der Waals surface area (Å²) in [7, 11) is 0. The monoisotopic (exact) mass is 379 g/mol. The van der Waals surface area contributed by atoms with E-state index in [1.165, 1.54) is 12.8 Å². The molecule has 0 aliphatic carbocycles. The molecule has 0 bridgehead atoms. The molecule has 0 spiro atoms. The number of halogens is 1. The molecule has 0 radical (unpaired) electrons. The van der Waals surface area contributed by atoms with E-state index in [1.807, 2.05) is 6.07 Å². The van der Waals surface area contributed by atoms with Crippen LogP contribution in [0.3, 0.4) is 0 Å². The molecule has 0 fully saturated rings. The lowest BCUT2D eigenvalue weighted by molar-refractivity contribution is 0.549. The molecule has 1 heterocycles. The second kappa shape index (κ2) is 11.1. The molecular weight excluding hydrogens is 353 g/mol. The van der Waals surface area contributed by atoms with Crippen LogP contribution in [0.25, 0.3) is 0 Å². The number of nitrogens with zero attached hydrogens (tertiary/aromatic N) is 2. The highest BCUT2D eigenvalue weighted by atomic mass is 127. The lowest BCUT2D eigenvalue weighted by Crippen LogP contribution is -2.37. The summed E-state index contributed by atoms with van der Waals surface area (Å²) in [5, 5.41) is 13.4. The fourth-order valence-corrected chi connectivity index (χ4v) is 1.60. The molecule has 0 aliphatic heterocycles. The average Bonchev–Trinajstić information content (AvgIpc) is 2.84. The second-order valence-corrected chi connectivity index (χ2v) is 4.74. The van der Waals surface area contributed by atoms with Gasteiger partial charge >= 0.3 is 0 Å². The number of aromatic amines is 1. The first-order valence-electron chi connectivity index (χ1n) is 6.72. The maximum atomic E-state index is 4.50. The molecule has 1 rings (SSSR count). The molecule has 6 heteroatoms. The van der Waals surface area contributed by atoms with E-state index in [0.717, 1.165) is 30.7 Å². The zero-order valence-electron chi connectivity index (χ0n) is 12.1. The first-order chi connectivity index (χ1) is 8.72. The van der Waals surface area contributed by atoms with Crippen molar-refractivity contribution in [2.75, 3.05) is 13.1 Å². The Morgan fingerprint density at radius 1 is 1.42 bits per heavy atom. The Hall–Kier alpha value is -0.790. The Morgan fingerprint density at radius 3 is 2.79 bits per heavy atom. The van der Waals surface area contributed by atoms with Crippen molar-refractivity contribution < 1.29 is 0 Å². The SMILES string of the molecule is CCNC(=NCc1ccn[nH]1)NCCCC(C)C.I. The van der Waals surface area contributed by atoms with Gasteiger partial charge in [-0.25, -0.2) is 4.99 Å². The number of H-pyrrole nitrogens is 1. The molecular formula is C13H26IN5. The second-order valence-electron chi connectivity index (χ2n) is 4.74. The van der Waals surface area contributed by atoms with Crippen molar-refractivity contribution in [1.82, 2.24) is 20.8 Å². The normalized spacial score (nSPS) is 11.3. The summed E-state index contributed by atoms with van der Waals surface area (Å²) in [6.07, 6.45) is 4.16. The molecule has 19 heavy (non-hydrogen) atoms. The van der Waals surface area contributed by atoms with Gasteiger partial charge in [0.05, 0.1) is 12.2 Å². The van der Waals surface area contributed by atoms with Gasteiger partial charge in [-0.1, -0.05) is 13.8 Å². The minimum Gasteiger partial charge on any atom is -0.357 e. The Labute approximate surface area is 133 Å². The number of hydrogen-bond acceptors (Lipinski definition) is 2. The summed E-state index contributed by atoms with van der Waals surface area (Å²) in [5.74, 6) is 1.63. The fraction of sp³-hybridized carbons (Fsp3) is 0.692. The maximum absolute atomic E-state index is 4.50. The van der Waals surface area contributed by atoms with E-state index in [1.54, 1.807) is 6.20 Å². The van der Waals surface area contributed by atoms with Gasteiger partial charge in [-0.05, 0) is 31.7 Å². The number of aromatic nitrogens is 2. The fourth-order valence-electron chi connectivity index (χ4n) is 1.60. The van der Waals surface area contributed by atoms with E-state index < -0.39 is 0 Å². The van der Waals surface area contributed by atoms with Gasteiger partial charge in [-0.3, -0.25) is 5.10 Å². The number of aliphatic imine (C=N–C) groups is 1. The van der Waals surface area contributed by atoms with Crippen LogP contribution in [0.2, 0.25) is 0 Å². The van der Waals surface area contributed by atoms with Crippen molar-refractivity contribution in [3.05, 3.63) is 18.0 Å². The summed E-state index contributed by atoms with van der Waals surface area (Å²) < 4.78 is 0. The first kappa shape index (κ1) is 18.2. The topological polar surface area (TPSA) is 65.1 Å². The molecule has 110 valence electrons. The van der Waals surface area contributed by atoms with Crippen LogP contribution in [-0.4, -0.2) is 29.2 Å². The smallest absolute Gasteiger partial charge is 0.191 e. The maximum Gasteiger partial charge on any atom is 0.191 e. The van der Waals surface area contributed by atoms with Crippen LogP contribution in [0.15, 0.2) is 17.3 Å². The average molecular weight is 379 g/mol. The predicted molar refractivity (Wildman–Crippen MR) is 90.9 cm³/mol. The number of guanidine groups is 1. The Kier molecular flexibility index (Phi) is 10.6. The van der Waals surface area contributed by atoms with Crippen LogP contribution in [0.4, 0.5) is 0 Å². The molecule has 0 aromatic carbocycles. The number of nitrogens with one attached hydrogen (secondary N) is 3. The van der Waals surface area contributed by atoms with Crippen molar-refractivity contribution in [3.63, 3.8) is 0 Å². The van der Waals surface area contributed by atoms with E-state index in [-0.39, 0.29) is 24.0 Å². The standard InChI is InChI=1S/C13H25N5.HI/c1-4-14-13(15-8-5-6-11(2)3)16-10-12-7-9-17-18-12;/h7,9,11H,4-6,8,10H2,1-3H3,(H,17,18)(H2,14,15,16);1H. The molecule has 0 atom stereocenters.